The molecule has 0 aromatic carbocycles. The summed E-state index contributed by atoms with van der Waals surface area (Å²) >= 11 is 0. The number of likely N-dealkylation sites (N-methyl/N-ethyl adjacent to an activating group) is 1. The van der Waals surface area contributed by atoms with Gasteiger partial charge in [-0.15, -0.1) is 0 Å². The average molecular weight is 293 g/mol. The molecule has 0 aliphatic carbocycles. The standard InChI is InChI=1S/C18H35N3/c1-8-15(4)21-11-10-16(20-21)13-17(19-9-2)12-14(3)18(5,6)7/h10-11,14-15,17,19H,8-9,12-13H2,1-7H3. The zero-order valence-electron chi connectivity index (χ0n) is 15.1. The Hall–Kier alpha value is -0.830. The Kier molecular flexibility index (Phi) is 6.92. The molecule has 0 amide bonds. The van der Waals surface area contributed by atoms with Gasteiger partial charge in [0, 0.05) is 24.7 Å². The Morgan fingerprint density at radius 3 is 2.43 bits per heavy atom. The van der Waals surface area contributed by atoms with E-state index in [9.17, 15) is 0 Å². The van der Waals surface area contributed by atoms with E-state index in [1.165, 1.54) is 12.1 Å². The summed E-state index contributed by atoms with van der Waals surface area (Å²) < 4.78 is 2.10. The molecule has 1 rings (SSSR count). The van der Waals surface area contributed by atoms with Crippen molar-refractivity contribution in [1.82, 2.24) is 15.1 Å². The Labute approximate surface area is 131 Å². The summed E-state index contributed by atoms with van der Waals surface area (Å²) in [6, 6.07) is 3.19. The van der Waals surface area contributed by atoms with Crippen molar-refractivity contribution < 1.29 is 0 Å². The van der Waals surface area contributed by atoms with Crippen LogP contribution in [0.3, 0.4) is 0 Å². The maximum absolute atomic E-state index is 4.75. The molecule has 21 heavy (non-hydrogen) atoms. The van der Waals surface area contributed by atoms with Gasteiger partial charge in [-0.3, -0.25) is 4.68 Å². The van der Waals surface area contributed by atoms with E-state index < -0.39 is 0 Å². The fourth-order valence-corrected chi connectivity index (χ4v) is 2.48. The van der Waals surface area contributed by atoms with Gasteiger partial charge in [0.05, 0.1) is 5.69 Å². The molecule has 3 atom stereocenters. The van der Waals surface area contributed by atoms with Crippen molar-refractivity contribution in [2.75, 3.05) is 6.54 Å². The normalized spacial score (nSPS) is 16.7. The zero-order valence-corrected chi connectivity index (χ0v) is 15.1. The van der Waals surface area contributed by atoms with Crippen LogP contribution < -0.4 is 5.32 Å². The van der Waals surface area contributed by atoms with E-state index in [1.54, 1.807) is 0 Å². The molecule has 0 fully saturated rings. The van der Waals surface area contributed by atoms with Gasteiger partial charge in [0.15, 0.2) is 0 Å². The van der Waals surface area contributed by atoms with Crippen LogP contribution in [0.1, 0.15) is 73.0 Å². The van der Waals surface area contributed by atoms with Crippen LogP contribution in [0.5, 0.6) is 0 Å². The maximum atomic E-state index is 4.75. The number of hydrogen-bond donors (Lipinski definition) is 1. The first kappa shape index (κ1) is 18.2. The summed E-state index contributed by atoms with van der Waals surface area (Å²) in [4.78, 5) is 0. The summed E-state index contributed by atoms with van der Waals surface area (Å²) in [5, 5.41) is 8.39. The molecule has 1 heterocycles. The highest BCUT2D eigenvalue weighted by Gasteiger charge is 2.24. The van der Waals surface area contributed by atoms with Crippen LogP contribution in [0.2, 0.25) is 0 Å². The van der Waals surface area contributed by atoms with Crippen LogP contribution in [-0.2, 0) is 6.42 Å². The SMILES string of the molecule is CCNC(Cc1ccn(C(C)CC)n1)CC(C)C(C)(C)C. The van der Waals surface area contributed by atoms with E-state index in [4.69, 9.17) is 5.10 Å². The summed E-state index contributed by atoms with van der Waals surface area (Å²) in [5.41, 5.74) is 1.58. The first-order chi connectivity index (χ1) is 9.77. The zero-order chi connectivity index (χ0) is 16.0. The molecular formula is C18H35N3. The molecule has 0 bridgehead atoms. The van der Waals surface area contributed by atoms with Crippen molar-refractivity contribution in [2.24, 2.45) is 11.3 Å². The Bertz CT molecular complexity index is 403. The highest BCUT2D eigenvalue weighted by molar-refractivity contribution is 5.02. The second kappa shape index (κ2) is 7.98. The molecule has 3 unspecified atom stereocenters. The summed E-state index contributed by atoms with van der Waals surface area (Å²) in [5.74, 6) is 0.693. The summed E-state index contributed by atoms with van der Waals surface area (Å²) in [6.45, 7) is 17.0. The van der Waals surface area contributed by atoms with Crippen LogP contribution in [-0.4, -0.2) is 22.4 Å². The van der Waals surface area contributed by atoms with E-state index in [1.807, 2.05) is 0 Å². The Balaban J connectivity index is 2.67. The monoisotopic (exact) mass is 293 g/mol. The van der Waals surface area contributed by atoms with Crippen molar-refractivity contribution in [2.45, 2.75) is 79.8 Å². The quantitative estimate of drug-likeness (QED) is 0.767. The molecule has 3 nitrogen and oxygen atoms in total. The average Bonchev–Trinajstić information content (AvgIpc) is 2.85. The molecule has 3 heteroatoms. The van der Waals surface area contributed by atoms with Crippen molar-refractivity contribution >= 4 is 0 Å². The summed E-state index contributed by atoms with van der Waals surface area (Å²) in [7, 11) is 0. The van der Waals surface area contributed by atoms with Crippen LogP contribution in [0.15, 0.2) is 12.3 Å². The van der Waals surface area contributed by atoms with Crippen LogP contribution in [0.25, 0.3) is 0 Å². The number of hydrogen-bond acceptors (Lipinski definition) is 2. The highest BCUT2D eigenvalue weighted by atomic mass is 15.3. The topological polar surface area (TPSA) is 29.9 Å². The van der Waals surface area contributed by atoms with Gasteiger partial charge in [-0.1, -0.05) is 41.5 Å². The predicted octanol–water partition coefficient (Wildman–Crippen LogP) is 4.45. The lowest BCUT2D eigenvalue weighted by molar-refractivity contribution is 0.222. The lowest BCUT2D eigenvalue weighted by atomic mass is 9.78. The molecule has 0 saturated heterocycles. The van der Waals surface area contributed by atoms with Crippen LogP contribution >= 0.6 is 0 Å². The van der Waals surface area contributed by atoms with E-state index in [0.717, 1.165) is 19.4 Å². The number of nitrogens with zero attached hydrogens (tertiary/aromatic N) is 2. The third kappa shape index (κ3) is 5.82. The molecule has 0 spiro atoms. The Morgan fingerprint density at radius 1 is 1.24 bits per heavy atom. The van der Waals surface area contributed by atoms with Crippen molar-refractivity contribution in [1.29, 1.82) is 0 Å². The van der Waals surface area contributed by atoms with Gasteiger partial charge in [0.25, 0.3) is 0 Å². The number of aromatic nitrogens is 2. The molecule has 0 radical (unpaired) electrons. The number of rotatable bonds is 8. The maximum Gasteiger partial charge on any atom is 0.0640 e. The minimum atomic E-state index is 0.365. The third-order valence-electron chi connectivity index (χ3n) is 4.77. The molecule has 0 saturated carbocycles. The van der Waals surface area contributed by atoms with E-state index in [-0.39, 0.29) is 0 Å². The van der Waals surface area contributed by atoms with Gasteiger partial charge in [0.1, 0.15) is 0 Å². The fraction of sp³-hybridized carbons (Fsp3) is 0.833. The van der Waals surface area contributed by atoms with E-state index in [2.05, 4.69) is 70.7 Å². The predicted molar refractivity (Wildman–Crippen MR) is 91.6 cm³/mol. The van der Waals surface area contributed by atoms with Crippen molar-refractivity contribution in [3.63, 3.8) is 0 Å². The molecule has 0 aliphatic heterocycles. The summed E-state index contributed by atoms with van der Waals surface area (Å²) in [6.07, 6.45) is 5.48. The first-order valence-electron chi connectivity index (χ1n) is 8.55. The van der Waals surface area contributed by atoms with E-state index in [0.29, 0.717) is 23.4 Å². The van der Waals surface area contributed by atoms with Crippen molar-refractivity contribution in [3.8, 4) is 0 Å². The fourth-order valence-electron chi connectivity index (χ4n) is 2.48. The largest absolute Gasteiger partial charge is 0.314 e. The molecule has 1 N–H and O–H groups in total. The Morgan fingerprint density at radius 2 is 1.90 bits per heavy atom. The molecule has 1 aromatic rings. The van der Waals surface area contributed by atoms with E-state index >= 15 is 0 Å². The van der Waals surface area contributed by atoms with Crippen LogP contribution in [0.4, 0.5) is 0 Å². The minimum absolute atomic E-state index is 0.365. The molecule has 1 aromatic heterocycles. The van der Waals surface area contributed by atoms with Gasteiger partial charge >= 0.3 is 0 Å². The van der Waals surface area contributed by atoms with Crippen molar-refractivity contribution in [3.05, 3.63) is 18.0 Å². The lowest BCUT2D eigenvalue weighted by Crippen LogP contribution is -2.35. The molecular weight excluding hydrogens is 258 g/mol. The van der Waals surface area contributed by atoms with Crippen LogP contribution in [0, 0.1) is 11.3 Å². The van der Waals surface area contributed by atoms with Gasteiger partial charge < -0.3 is 5.32 Å². The van der Waals surface area contributed by atoms with Gasteiger partial charge in [-0.2, -0.15) is 5.10 Å². The van der Waals surface area contributed by atoms with Gasteiger partial charge in [0.2, 0.25) is 0 Å². The number of nitrogens with one attached hydrogen (secondary N) is 1. The lowest BCUT2D eigenvalue weighted by Gasteiger charge is -2.31. The second-order valence-electron chi connectivity index (χ2n) is 7.51. The minimum Gasteiger partial charge on any atom is -0.314 e. The third-order valence-corrected chi connectivity index (χ3v) is 4.77. The first-order valence-corrected chi connectivity index (χ1v) is 8.55. The van der Waals surface area contributed by atoms with Gasteiger partial charge in [-0.25, -0.2) is 0 Å². The molecule has 0 aliphatic rings. The molecule has 122 valence electrons. The smallest absolute Gasteiger partial charge is 0.0640 e. The van der Waals surface area contributed by atoms with Gasteiger partial charge in [-0.05, 0) is 43.7 Å². The second-order valence-corrected chi connectivity index (χ2v) is 7.51. The highest BCUT2D eigenvalue weighted by Crippen LogP contribution is 2.29.